The molecule has 0 spiro atoms. The van der Waals surface area contributed by atoms with Gasteiger partial charge >= 0.3 is 0 Å². The Morgan fingerprint density at radius 2 is 1.70 bits per heavy atom. The van der Waals surface area contributed by atoms with Crippen LogP contribution in [0.3, 0.4) is 0 Å². The molecule has 0 fully saturated rings. The molecule has 1 heterocycles. The quantitative estimate of drug-likeness (QED) is 0.812. The van der Waals surface area contributed by atoms with Gasteiger partial charge in [0.1, 0.15) is 0 Å². The van der Waals surface area contributed by atoms with Gasteiger partial charge in [-0.2, -0.15) is 0 Å². The molecule has 20 heavy (non-hydrogen) atoms. The number of nitrogens with zero attached hydrogens (tertiary/aromatic N) is 3. The topological polar surface area (TPSA) is 19.4 Å². The molecule has 1 aromatic carbocycles. The van der Waals surface area contributed by atoms with Gasteiger partial charge in [-0.3, -0.25) is 4.98 Å². The van der Waals surface area contributed by atoms with Gasteiger partial charge in [-0.15, -0.1) is 0 Å². The molecule has 0 amide bonds. The average Bonchev–Trinajstić information content (AvgIpc) is 2.49. The zero-order chi connectivity index (χ0) is 14.5. The van der Waals surface area contributed by atoms with Crippen molar-refractivity contribution in [2.24, 2.45) is 0 Å². The SMILES string of the molecule is C=Cc1ccc(N(C=C)c2ccccc2N(C)C)cn1. The lowest BCUT2D eigenvalue weighted by Crippen LogP contribution is -2.15. The second-order valence-corrected chi connectivity index (χ2v) is 4.58. The number of aromatic nitrogens is 1. The molecule has 3 heteroatoms. The first kappa shape index (κ1) is 13.9. The van der Waals surface area contributed by atoms with E-state index in [0.717, 1.165) is 22.8 Å². The van der Waals surface area contributed by atoms with E-state index in [1.165, 1.54) is 0 Å². The van der Waals surface area contributed by atoms with E-state index in [9.17, 15) is 0 Å². The smallest absolute Gasteiger partial charge is 0.0689 e. The Bertz CT molecular complexity index is 600. The number of rotatable bonds is 5. The summed E-state index contributed by atoms with van der Waals surface area (Å²) in [6.45, 7) is 7.63. The average molecular weight is 265 g/mol. The molecule has 2 aromatic rings. The van der Waals surface area contributed by atoms with Crippen molar-refractivity contribution in [3.63, 3.8) is 0 Å². The Morgan fingerprint density at radius 3 is 2.20 bits per heavy atom. The Balaban J connectivity index is 2.46. The first-order valence-electron chi connectivity index (χ1n) is 6.44. The molecule has 0 atom stereocenters. The van der Waals surface area contributed by atoms with Crippen LogP contribution in [-0.2, 0) is 0 Å². The normalized spacial score (nSPS) is 9.90. The molecular formula is C17H19N3. The highest BCUT2D eigenvalue weighted by molar-refractivity contribution is 5.78. The lowest BCUT2D eigenvalue weighted by atomic mass is 10.2. The fourth-order valence-electron chi connectivity index (χ4n) is 2.05. The Kier molecular flexibility index (Phi) is 4.20. The Morgan fingerprint density at radius 1 is 1.00 bits per heavy atom. The molecule has 102 valence electrons. The molecule has 0 aliphatic rings. The van der Waals surface area contributed by atoms with E-state index in [1.807, 2.05) is 49.5 Å². The van der Waals surface area contributed by atoms with Gasteiger partial charge in [0.15, 0.2) is 0 Å². The second kappa shape index (κ2) is 6.06. The van der Waals surface area contributed by atoms with Crippen molar-refractivity contribution in [2.45, 2.75) is 0 Å². The van der Waals surface area contributed by atoms with E-state index in [2.05, 4.69) is 35.2 Å². The third kappa shape index (κ3) is 2.72. The van der Waals surface area contributed by atoms with Crippen molar-refractivity contribution < 1.29 is 0 Å². The van der Waals surface area contributed by atoms with Crippen molar-refractivity contribution in [1.29, 1.82) is 0 Å². The van der Waals surface area contributed by atoms with Crippen LogP contribution >= 0.6 is 0 Å². The van der Waals surface area contributed by atoms with Crippen LogP contribution in [0.1, 0.15) is 5.69 Å². The minimum absolute atomic E-state index is 0.860. The molecule has 0 radical (unpaired) electrons. The van der Waals surface area contributed by atoms with E-state index in [1.54, 1.807) is 12.3 Å². The maximum atomic E-state index is 4.34. The molecule has 3 nitrogen and oxygen atoms in total. The van der Waals surface area contributed by atoms with Crippen LogP contribution in [0.25, 0.3) is 6.08 Å². The Labute approximate surface area is 120 Å². The van der Waals surface area contributed by atoms with Crippen LogP contribution in [0.5, 0.6) is 0 Å². The molecule has 0 saturated heterocycles. The monoisotopic (exact) mass is 265 g/mol. The van der Waals surface area contributed by atoms with Crippen molar-refractivity contribution >= 4 is 23.1 Å². The van der Waals surface area contributed by atoms with E-state index in [-0.39, 0.29) is 0 Å². The second-order valence-electron chi connectivity index (χ2n) is 4.58. The molecular weight excluding hydrogens is 246 g/mol. The lowest BCUT2D eigenvalue weighted by Gasteiger charge is -2.26. The standard InChI is InChI=1S/C17H19N3/c1-5-14-11-12-15(13-18-14)20(6-2)17-10-8-7-9-16(17)19(3)4/h5-13H,1-2H2,3-4H3. The van der Waals surface area contributed by atoms with Gasteiger partial charge in [-0.1, -0.05) is 25.3 Å². The number of pyridine rings is 1. The van der Waals surface area contributed by atoms with Crippen LogP contribution in [-0.4, -0.2) is 19.1 Å². The van der Waals surface area contributed by atoms with Crippen LogP contribution in [0, 0.1) is 0 Å². The van der Waals surface area contributed by atoms with Gasteiger partial charge in [0.25, 0.3) is 0 Å². The van der Waals surface area contributed by atoms with Crippen molar-refractivity contribution in [2.75, 3.05) is 23.9 Å². The van der Waals surface area contributed by atoms with Gasteiger partial charge < -0.3 is 9.80 Å². The summed E-state index contributed by atoms with van der Waals surface area (Å²) >= 11 is 0. The van der Waals surface area contributed by atoms with Crippen LogP contribution in [0.4, 0.5) is 17.1 Å². The van der Waals surface area contributed by atoms with Crippen molar-refractivity contribution in [3.8, 4) is 0 Å². The summed E-state index contributed by atoms with van der Waals surface area (Å²) < 4.78 is 0. The van der Waals surface area contributed by atoms with Gasteiger partial charge in [0.2, 0.25) is 0 Å². The largest absolute Gasteiger partial charge is 0.376 e. The molecule has 0 saturated carbocycles. The van der Waals surface area contributed by atoms with Gasteiger partial charge in [-0.05, 0) is 30.3 Å². The minimum Gasteiger partial charge on any atom is -0.376 e. The third-order valence-corrected chi connectivity index (χ3v) is 3.06. The number of benzene rings is 1. The fraction of sp³-hybridized carbons (Fsp3) is 0.118. The van der Waals surface area contributed by atoms with E-state index < -0.39 is 0 Å². The van der Waals surface area contributed by atoms with Crippen molar-refractivity contribution in [3.05, 3.63) is 67.6 Å². The summed E-state index contributed by atoms with van der Waals surface area (Å²) in [5, 5.41) is 0. The van der Waals surface area contributed by atoms with Crippen molar-refractivity contribution in [1.82, 2.24) is 4.98 Å². The highest BCUT2D eigenvalue weighted by Crippen LogP contribution is 2.33. The first-order chi connectivity index (χ1) is 9.67. The summed E-state index contributed by atoms with van der Waals surface area (Å²) in [5.74, 6) is 0. The summed E-state index contributed by atoms with van der Waals surface area (Å²) in [7, 11) is 4.05. The van der Waals surface area contributed by atoms with E-state index in [0.29, 0.717) is 0 Å². The van der Waals surface area contributed by atoms with Crippen LogP contribution in [0.2, 0.25) is 0 Å². The first-order valence-corrected chi connectivity index (χ1v) is 6.44. The van der Waals surface area contributed by atoms with Gasteiger partial charge in [-0.25, -0.2) is 0 Å². The molecule has 0 N–H and O–H groups in total. The number of hydrogen-bond donors (Lipinski definition) is 0. The van der Waals surface area contributed by atoms with E-state index in [4.69, 9.17) is 0 Å². The summed E-state index contributed by atoms with van der Waals surface area (Å²) in [6.07, 6.45) is 5.36. The number of para-hydroxylation sites is 2. The van der Waals surface area contributed by atoms with Crippen LogP contribution < -0.4 is 9.80 Å². The maximum Gasteiger partial charge on any atom is 0.0689 e. The number of hydrogen-bond acceptors (Lipinski definition) is 3. The zero-order valence-electron chi connectivity index (χ0n) is 12.0. The highest BCUT2D eigenvalue weighted by atomic mass is 15.2. The minimum atomic E-state index is 0.860. The summed E-state index contributed by atoms with van der Waals surface area (Å²) in [6, 6.07) is 12.1. The fourth-order valence-corrected chi connectivity index (χ4v) is 2.05. The number of anilines is 3. The predicted octanol–water partition coefficient (Wildman–Crippen LogP) is 4.07. The van der Waals surface area contributed by atoms with Crippen LogP contribution in [0.15, 0.2) is 62.0 Å². The molecule has 2 rings (SSSR count). The van der Waals surface area contributed by atoms with Gasteiger partial charge in [0, 0.05) is 20.3 Å². The summed E-state index contributed by atoms with van der Waals surface area (Å²) in [4.78, 5) is 8.45. The third-order valence-electron chi connectivity index (χ3n) is 3.06. The molecule has 0 aliphatic heterocycles. The molecule has 0 bridgehead atoms. The molecule has 0 aliphatic carbocycles. The summed E-state index contributed by atoms with van der Waals surface area (Å²) in [5.41, 5.74) is 4.03. The Hall–Kier alpha value is -2.55. The van der Waals surface area contributed by atoms with E-state index >= 15 is 0 Å². The van der Waals surface area contributed by atoms with Gasteiger partial charge in [0.05, 0.1) is 29.0 Å². The zero-order valence-corrected chi connectivity index (χ0v) is 12.0. The molecule has 1 aromatic heterocycles. The predicted molar refractivity (Wildman–Crippen MR) is 87.4 cm³/mol. The maximum absolute atomic E-state index is 4.34. The molecule has 0 unspecified atom stereocenters. The lowest BCUT2D eigenvalue weighted by molar-refractivity contribution is 1.11. The highest BCUT2D eigenvalue weighted by Gasteiger charge is 2.11.